The lowest BCUT2D eigenvalue weighted by molar-refractivity contribution is -0.117. The number of nitrogens with zero attached hydrogens (tertiary/aromatic N) is 6. The second-order valence-corrected chi connectivity index (χ2v) is 10.2. The second kappa shape index (κ2) is 10.7. The number of amides is 1. The minimum atomic E-state index is -0.544. The van der Waals surface area contributed by atoms with E-state index in [4.69, 9.17) is 16.6 Å². The Labute approximate surface area is 228 Å². The van der Waals surface area contributed by atoms with Crippen LogP contribution >= 0.6 is 11.6 Å². The molecule has 1 aliphatic heterocycles. The van der Waals surface area contributed by atoms with E-state index in [2.05, 4.69) is 16.3 Å². The third-order valence-electron chi connectivity index (χ3n) is 6.98. The number of hydrogen-bond acceptors (Lipinski definition) is 6. The highest BCUT2D eigenvalue weighted by molar-refractivity contribution is 6.31. The lowest BCUT2D eigenvalue weighted by Gasteiger charge is -2.35. The lowest BCUT2D eigenvalue weighted by atomic mass is 10.1. The fourth-order valence-electron chi connectivity index (χ4n) is 4.90. The molecule has 0 radical (unpaired) electrons. The summed E-state index contributed by atoms with van der Waals surface area (Å²) in [6.07, 6.45) is 0. The highest BCUT2D eigenvalue weighted by Crippen LogP contribution is 2.23. The van der Waals surface area contributed by atoms with Crippen LogP contribution in [0.4, 0.5) is 16.0 Å². The van der Waals surface area contributed by atoms with Crippen molar-refractivity contribution in [2.24, 2.45) is 14.1 Å². The van der Waals surface area contributed by atoms with Gasteiger partial charge in [-0.1, -0.05) is 41.4 Å². The molecule has 1 fully saturated rings. The van der Waals surface area contributed by atoms with Gasteiger partial charge in [0.15, 0.2) is 11.2 Å². The van der Waals surface area contributed by atoms with Crippen LogP contribution in [0.1, 0.15) is 11.1 Å². The van der Waals surface area contributed by atoms with E-state index in [1.807, 2.05) is 34.6 Å². The summed E-state index contributed by atoms with van der Waals surface area (Å²) in [4.78, 5) is 47.3. The number of aromatic nitrogens is 4. The van der Waals surface area contributed by atoms with Crippen molar-refractivity contribution in [3.63, 3.8) is 0 Å². The molecule has 0 saturated carbocycles. The van der Waals surface area contributed by atoms with Gasteiger partial charge in [0.2, 0.25) is 11.9 Å². The van der Waals surface area contributed by atoms with Crippen molar-refractivity contribution >= 4 is 40.3 Å². The molecule has 10 nitrogen and oxygen atoms in total. The fourth-order valence-corrected chi connectivity index (χ4v) is 5.08. The number of carbonyl (C=O) groups excluding carboxylic acids is 1. The number of piperazine rings is 1. The van der Waals surface area contributed by atoms with Gasteiger partial charge in [0.05, 0.1) is 18.1 Å². The van der Waals surface area contributed by atoms with Crippen molar-refractivity contribution in [1.29, 1.82) is 0 Å². The first-order valence-electron chi connectivity index (χ1n) is 12.6. The standard InChI is InChI=1S/C27H29ClFN7O3/c1-17-5-4-6-18(13-17)15-36-23-24(32(2)27(39)33(3)25(23)38)31-26(36)35-11-9-34(10-12-35)16-22(37)30-19-7-8-21(29)20(28)14-19/h4-8,13-14H,9-12,15-16H2,1-3H3,(H,30,37). The van der Waals surface area contributed by atoms with E-state index in [1.54, 1.807) is 7.05 Å². The first-order chi connectivity index (χ1) is 18.6. The van der Waals surface area contributed by atoms with Crippen LogP contribution < -0.4 is 21.5 Å². The molecule has 39 heavy (non-hydrogen) atoms. The number of imidazole rings is 1. The molecular formula is C27H29ClFN7O3. The molecule has 204 valence electrons. The number of halogens is 2. The third kappa shape index (κ3) is 5.32. The molecule has 1 aliphatic rings. The molecule has 0 bridgehead atoms. The summed E-state index contributed by atoms with van der Waals surface area (Å²) in [6.45, 7) is 4.91. The Kier molecular flexibility index (Phi) is 7.28. The Morgan fingerprint density at radius 3 is 2.49 bits per heavy atom. The number of rotatable bonds is 6. The average Bonchev–Trinajstić information content (AvgIpc) is 3.28. The molecular weight excluding hydrogens is 525 g/mol. The van der Waals surface area contributed by atoms with Crippen LogP contribution in [0.3, 0.4) is 0 Å². The second-order valence-electron chi connectivity index (χ2n) is 9.81. The quantitative estimate of drug-likeness (QED) is 0.394. The van der Waals surface area contributed by atoms with Crippen LogP contribution in [-0.4, -0.2) is 62.2 Å². The van der Waals surface area contributed by atoms with Crippen molar-refractivity contribution in [3.05, 3.63) is 85.3 Å². The van der Waals surface area contributed by atoms with Gasteiger partial charge in [0.25, 0.3) is 5.56 Å². The zero-order chi connectivity index (χ0) is 27.8. The molecule has 0 aliphatic carbocycles. The summed E-state index contributed by atoms with van der Waals surface area (Å²) in [6, 6.07) is 12.1. The van der Waals surface area contributed by atoms with Gasteiger partial charge in [0.1, 0.15) is 5.82 Å². The topological polar surface area (TPSA) is 97.4 Å². The largest absolute Gasteiger partial charge is 0.340 e. The number of carbonyl (C=O) groups is 1. The normalized spacial score (nSPS) is 14.2. The predicted octanol–water partition coefficient (Wildman–Crippen LogP) is 2.34. The van der Waals surface area contributed by atoms with Crippen LogP contribution in [-0.2, 0) is 25.4 Å². The smallest absolute Gasteiger partial charge is 0.332 e. The van der Waals surface area contributed by atoms with E-state index in [1.165, 1.54) is 29.8 Å². The number of benzene rings is 2. The van der Waals surface area contributed by atoms with E-state index in [9.17, 15) is 18.8 Å². The number of anilines is 2. The maximum absolute atomic E-state index is 13.4. The zero-order valence-electron chi connectivity index (χ0n) is 21.9. The Balaban J connectivity index is 1.38. The number of aryl methyl sites for hydroxylation is 2. The van der Waals surface area contributed by atoms with Crippen molar-refractivity contribution < 1.29 is 9.18 Å². The van der Waals surface area contributed by atoms with Gasteiger partial charge in [-0.25, -0.2) is 9.18 Å². The molecule has 1 amide bonds. The number of hydrogen-bond donors (Lipinski definition) is 1. The Morgan fingerprint density at radius 1 is 1.05 bits per heavy atom. The Hall–Kier alpha value is -3.96. The molecule has 3 heterocycles. The maximum atomic E-state index is 13.4. The van der Waals surface area contributed by atoms with Gasteiger partial charge in [-0.15, -0.1) is 0 Å². The summed E-state index contributed by atoms with van der Waals surface area (Å²) in [5, 5.41) is 2.70. The SMILES string of the molecule is Cc1cccc(Cn2c(N3CCN(CC(=O)Nc4ccc(F)c(Cl)c4)CC3)nc3c2c(=O)n(C)c(=O)n3C)c1. The zero-order valence-corrected chi connectivity index (χ0v) is 22.7. The van der Waals surface area contributed by atoms with Crippen LogP contribution in [0.5, 0.6) is 0 Å². The van der Waals surface area contributed by atoms with Crippen LogP contribution in [0, 0.1) is 12.7 Å². The molecule has 0 spiro atoms. The molecule has 2 aromatic carbocycles. The van der Waals surface area contributed by atoms with Gasteiger partial charge >= 0.3 is 5.69 Å². The lowest BCUT2D eigenvalue weighted by Crippen LogP contribution is -2.49. The Bertz CT molecular complexity index is 1690. The van der Waals surface area contributed by atoms with E-state index in [0.29, 0.717) is 55.5 Å². The van der Waals surface area contributed by atoms with E-state index >= 15 is 0 Å². The molecule has 2 aromatic heterocycles. The summed E-state index contributed by atoms with van der Waals surface area (Å²) in [5.41, 5.74) is 2.44. The van der Waals surface area contributed by atoms with Crippen LogP contribution in [0.15, 0.2) is 52.1 Å². The molecule has 4 aromatic rings. The van der Waals surface area contributed by atoms with Gasteiger partial charge in [-0.3, -0.25) is 28.2 Å². The summed E-state index contributed by atoms with van der Waals surface area (Å²) < 4.78 is 17.8. The van der Waals surface area contributed by atoms with Gasteiger partial charge in [0, 0.05) is 46.0 Å². The highest BCUT2D eigenvalue weighted by atomic mass is 35.5. The van der Waals surface area contributed by atoms with Crippen molar-refractivity contribution in [2.45, 2.75) is 13.5 Å². The van der Waals surface area contributed by atoms with E-state index < -0.39 is 17.1 Å². The minimum Gasteiger partial charge on any atom is -0.340 e. The molecule has 0 atom stereocenters. The fraction of sp³-hybridized carbons (Fsp3) is 0.333. The number of fused-ring (bicyclic) bond motifs is 1. The van der Waals surface area contributed by atoms with Gasteiger partial charge < -0.3 is 10.2 Å². The maximum Gasteiger partial charge on any atom is 0.332 e. The Morgan fingerprint density at radius 2 is 1.79 bits per heavy atom. The minimum absolute atomic E-state index is 0.0534. The first kappa shape index (κ1) is 26.6. The molecule has 1 N–H and O–H groups in total. The highest BCUT2D eigenvalue weighted by Gasteiger charge is 2.26. The first-order valence-corrected chi connectivity index (χ1v) is 12.9. The summed E-state index contributed by atoms with van der Waals surface area (Å²) in [7, 11) is 3.08. The van der Waals surface area contributed by atoms with Gasteiger partial charge in [-0.05, 0) is 30.7 Å². The van der Waals surface area contributed by atoms with Crippen LogP contribution in [0.2, 0.25) is 5.02 Å². The monoisotopic (exact) mass is 553 g/mol. The predicted molar refractivity (Wildman–Crippen MR) is 149 cm³/mol. The average molecular weight is 554 g/mol. The van der Waals surface area contributed by atoms with Crippen molar-refractivity contribution in [1.82, 2.24) is 23.6 Å². The van der Waals surface area contributed by atoms with Crippen molar-refractivity contribution in [3.8, 4) is 0 Å². The molecule has 1 saturated heterocycles. The number of nitrogens with one attached hydrogen (secondary N) is 1. The molecule has 5 rings (SSSR count). The van der Waals surface area contributed by atoms with Crippen LogP contribution in [0.25, 0.3) is 11.2 Å². The van der Waals surface area contributed by atoms with Gasteiger partial charge in [-0.2, -0.15) is 4.98 Å². The summed E-state index contributed by atoms with van der Waals surface area (Å²) >= 11 is 5.81. The molecule has 12 heteroatoms. The van der Waals surface area contributed by atoms with Crippen molar-refractivity contribution in [2.75, 3.05) is 42.9 Å². The third-order valence-corrected chi connectivity index (χ3v) is 7.27. The molecule has 0 unspecified atom stereocenters. The van der Waals surface area contributed by atoms with E-state index in [-0.39, 0.29) is 17.5 Å². The summed E-state index contributed by atoms with van der Waals surface area (Å²) in [5.74, 6) is -0.164. The van der Waals surface area contributed by atoms with E-state index in [0.717, 1.165) is 15.7 Å².